The summed E-state index contributed by atoms with van der Waals surface area (Å²) in [6, 6.07) is 16.6. The molecule has 3 rings (SSSR count). The van der Waals surface area contributed by atoms with Gasteiger partial charge >= 0.3 is 5.97 Å². The van der Waals surface area contributed by atoms with Crippen LogP contribution < -0.4 is 22.5 Å². The molecule has 11 heteroatoms. The zero-order valence-electron chi connectivity index (χ0n) is 21.5. The molecule has 206 valence electrons. The number of nitrogens with two attached hydrogens (primary N) is 3. The average Bonchev–Trinajstić information content (AvgIpc) is 3.41. The number of carboxylic acids is 1. The number of rotatable bonds is 11. The van der Waals surface area contributed by atoms with Crippen LogP contribution in [-0.4, -0.2) is 65.0 Å². The molecular weight excluding hydrogens is 486 g/mol. The number of aliphatic carboxylic acids is 1. The Hall–Kier alpha value is -3.96. The first-order chi connectivity index (χ1) is 18.2. The van der Waals surface area contributed by atoms with Crippen LogP contribution in [0.4, 0.5) is 0 Å². The topological polar surface area (TPSA) is 201 Å². The Balaban J connectivity index is 0.000000538. The van der Waals surface area contributed by atoms with Crippen LogP contribution in [0, 0.1) is 0 Å². The molecule has 0 spiro atoms. The van der Waals surface area contributed by atoms with Gasteiger partial charge in [0.1, 0.15) is 12.1 Å². The second-order valence-corrected chi connectivity index (χ2v) is 9.00. The second-order valence-electron chi connectivity index (χ2n) is 9.00. The van der Waals surface area contributed by atoms with Crippen LogP contribution in [0.15, 0.2) is 65.7 Å². The lowest BCUT2D eigenvalue weighted by Gasteiger charge is -2.27. The summed E-state index contributed by atoms with van der Waals surface area (Å²) >= 11 is 0. The summed E-state index contributed by atoms with van der Waals surface area (Å²) in [5, 5.41) is 11.9. The summed E-state index contributed by atoms with van der Waals surface area (Å²) in [7, 11) is 0. The molecule has 0 saturated carbocycles. The lowest BCUT2D eigenvalue weighted by atomic mass is 10.0. The number of carbonyl (C=O) groups is 3. The van der Waals surface area contributed by atoms with E-state index in [1.165, 1.54) is 4.90 Å². The highest BCUT2D eigenvalue weighted by atomic mass is 16.4. The summed E-state index contributed by atoms with van der Waals surface area (Å²) in [6.07, 6.45) is 2.06. The molecule has 0 unspecified atom stereocenters. The fraction of sp³-hybridized carbons (Fsp3) is 0.407. The molecule has 0 radical (unpaired) electrons. The van der Waals surface area contributed by atoms with Gasteiger partial charge in [-0.05, 0) is 37.7 Å². The second kappa shape index (κ2) is 16.0. The molecule has 11 nitrogen and oxygen atoms in total. The molecule has 1 fully saturated rings. The Morgan fingerprint density at radius 3 is 2.18 bits per heavy atom. The first-order valence-corrected chi connectivity index (χ1v) is 12.6. The summed E-state index contributed by atoms with van der Waals surface area (Å²) in [6.45, 7) is 1.08. The lowest BCUT2D eigenvalue weighted by Crippen LogP contribution is -2.54. The molecule has 2 aromatic rings. The maximum atomic E-state index is 12.8. The highest BCUT2D eigenvalue weighted by molar-refractivity contribution is 5.92. The van der Waals surface area contributed by atoms with Crippen molar-refractivity contribution in [3.8, 4) is 0 Å². The van der Waals surface area contributed by atoms with Gasteiger partial charge in [0.05, 0.1) is 6.04 Å². The molecule has 9 N–H and O–H groups in total. The quantitative estimate of drug-likeness (QED) is 0.166. The third-order valence-electron chi connectivity index (χ3n) is 6.06. The van der Waals surface area contributed by atoms with Crippen LogP contribution in [0.2, 0.25) is 0 Å². The molecule has 2 amide bonds. The van der Waals surface area contributed by atoms with Crippen LogP contribution >= 0.6 is 0 Å². The van der Waals surface area contributed by atoms with Gasteiger partial charge in [0.15, 0.2) is 5.96 Å². The average molecular weight is 525 g/mol. The zero-order chi connectivity index (χ0) is 27.9. The molecule has 1 saturated heterocycles. The number of amides is 2. The lowest BCUT2D eigenvalue weighted by molar-refractivity contribution is -0.144. The van der Waals surface area contributed by atoms with Crippen molar-refractivity contribution in [2.45, 2.75) is 56.8 Å². The third kappa shape index (κ3) is 10.2. The first kappa shape index (κ1) is 30.3. The largest absolute Gasteiger partial charge is 0.674 e. The van der Waals surface area contributed by atoms with E-state index in [1.54, 1.807) is 0 Å². The Morgan fingerprint density at radius 2 is 1.66 bits per heavy atom. The minimum atomic E-state index is -1.15. The van der Waals surface area contributed by atoms with Crippen LogP contribution in [0.5, 0.6) is 0 Å². The van der Waals surface area contributed by atoms with Crippen LogP contribution in [-0.2, 0) is 27.3 Å². The van der Waals surface area contributed by atoms with Crippen molar-refractivity contribution in [1.29, 1.82) is 0 Å². The van der Waals surface area contributed by atoms with Crippen molar-refractivity contribution in [1.82, 2.24) is 10.2 Å². The standard InChI is InChI=1S/C20H30N6O4.C7H8N/c21-14(12-13-6-2-1-3-7-13)18(28)26-11-5-9-16(26)17(27)25-15(19(29)30)8-4-10-24-20(22)23;8-6-7-4-2-1-3-5-7/h1-3,6-7,14-16H,4-5,8-12,21H2,(H,25,27)(H,29,30)(H4,22,23,24);1-5,8H,6H2/q;-1/t14-,15+,16+;/m1./s1. The number of aliphatic imine (C=N–C) groups is 1. The van der Waals surface area contributed by atoms with Gasteiger partial charge in [0, 0.05) is 13.1 Å². The van der Waals surface area contributed by atoms with Crippen molar-refractivity contribution in [2.24, 2.45) is 22.2 Å². The molecule has 1 aliphatic rings. The number of carboxylic acid groups (broad SMARTS) is 1. The number of nitrogens with one attached hydrogen (secondary N) is 2. The van der Waals surface area contributed by atoms with Crippen molar-refractivity contribution >= 4 is 23.7 Å². The molecule has 1 aliphatic heterocycles. The summed E-state index contributed by atoms with van der Waals surface area (Å²) in [5.41, 5.74) is 25.5. The van der Waals surface area contributed by atoms with E-state index in [-0.39, 0.29) is 24.8 Å². The number of hydrogen-bond acceptors (Lipinski definition) is 5. The minimum Gasteiger partial charge on any atom is -0.674 e. The predicted molar refractivity (Wildman–Crippen MR) is 147 cm³/mol. The molecule has 3 atom stereocenters. The van der Waals surface area contributed by atoms with Crippen LogP contribution in [0.3, 0.4) is 0 Å². The number of hydrogen-bond donors (Lipinski definition) is 5. The highest BCUT2D eigenvalue weighted by Gasteiger charge is 2.37. The Labute approximate surface area is 223 Å². The van der Waals surface area contributed by atoms with Gasteiger partial charge in [-0.3, -0.25) is 14.6 Å². The maximum absolute atomic E-state index is 12.8. The van der Waals surface area contributed by atoms with Crippen LogP contribution in [0.1, 0.15) is 36.8 Å². The molecular formula is C27H38N7O4-. The van der Waals surface area contributed by atoms with Crippen molar-refractivity contribution in [2.75, 3.05) is 13.1 Å². The van der Waals surface area contributed by atoms with E-state index in [0.29, 0.717) is 38.8 Å². The van der Waals surface area contributed by atoms with E-state index in [1.807, 2.05) is 60.7 Å². The van der Waals surface area contributed by atoms with Gasteiger partial charge in [-0.1, -0.05) is 66.2 Å². The van der Waals surface area contributed by atoms with E-state index in [9.17, 15) is 19.5 Å². The molecule has 2 aromatic carbocycles. The Bertz CT molecular complexity index is 1050. The Morgan fingerprint density at radius 1 is 1.05 bits per heavy atom. The third-order valence-corrected chi connectivity index (χ3v) is 6.06. The predicted octanol–water partition coefficient (Wildman–Crippen LogP) is 1.41. The number of nitrogens with zero attached hydrogens (tertiary/aromatic N) is 2. The normalized spacial score (nSPS) is 15.9. The summed E-state index contributed by atoms with van der Waals surface area (Å²) < 4.78 is 0. The fourth-order valence-electron chi connectivity index (χ4n) is 4.10. The molecule has 0 aliphatic carbocycles. The van der Waals surface area contributed by atoms with Crippen molar-refractivity contribution in [3.05, 3.63) is 77.5 Å². The monoisotopic (exact) mass is 524 g/mol. The SMILES string of the molecule is NC(N)=NCCC[C@H](NC(=O)[C@@H]1CCCN1C(=O)[C@H](N)Cc1ccccc1)C(=O)O.[NH-]Cc1ccccc1. The first-order valence-electron chi connectivity index (χ1n) is 12.6. The highest BCUT2D eigenvalue weighted by Crippen LogP contribution is 2.19. The van der Waals surface area contributed by atoms with Crippen LogP contribution in [0.25, 0.3) is 5.73 Å². The van der Waals surface area contributed by atoms with Crippen molar-refractivity contribution in [3.63, 3.8) is 0 Å². The van der Waals surface area contributed by atoms with Gasteiger partial charge < -0.3 is 38.3 Å². The van der Waals surface area contributed by atoms with Gasteiger partial charge in [0.25, 0.3) is 0 Å². The van der Waals surface area contributed by atoms with E-state index in [4.69, 9.17) is 22.9 Å². The van der Waals surface area contributed by atoms with E-state index < -0.39 is 30.0 Å². The van der Waals surface area contributed by atoms with E-state index in [0.717, 1.165) is 11.1 Å². The fourth-order valence-corrected chi connectivity index (χ4v) is 4.10. The smallest absolute Gasteiger partial charge is 0.326 e. The molecule has 38 heavy (non-hydrogen) atoms. The van der Waals surface area contributed by atoms with Gasteiger partial charge in [-0.25, -0.2) is 4.79 Å². The van der Waals surface area contributed by atoms with Gasteiger partial charge in [-0.2, -0.15) is 0 Å². The van der Waals surface area contributed by atoms with Crippen molar-refractivity contribution < 1.29 is 19.5 Å². The number of benzene rings is 2. The Kier molecular flexibility index (Phi) is 12.7. The number of likely N-dealkylation sites (tertiary alicyclic amines) is 1. The summed E-state index contributed by atoms with van der Waals surface area (Å²) in [5.74, 6) is -2.01. The van der Waals surface area contributed by atoms with Gasteiger partial charge in [-0.15, -0.1) is 6.54 Å². The molecule has 0 aromatic heterocycles. The zero-order valence-corrected chi connectivity index (χ0v) is 21.5. The number of guanidine groups is 1. The number of carbonyl (C=O) groups excluding carboxylic acids is 2. The van der Waals surface area contributed by atoms with E-state index in [2.05, 4.69) is 10.3 Å². The minimum absolute atomic E-state index is 0.0714. The summed E-state index contributed by atoms with van der Waals surface area (Å²) in [4.78, 5) is 42.3. The molecule has 1 heterocycles. The molecule has 0 bridgehead atoms. The van der Waals surface area contributed by atoms with E-state index >= 15 is 0 Å². The van der Waals surface area contributed by atoms with Gasteiger partial charge in [0.2, 0.25) is 11.8 Å². The maximum Gasteiger partial charge on any atom is 0.326 e.